The SMILES string of the molecule is CNc1ncc2cc(C3CC3NC(=O)Nc3cc(C(C)(C)C)nn3-c3ccc4ocnc4c3)c(=O)n(C)c2n1. The van der Waals surface area contributed by atoms with Gasteiger partial charge >= 0.3 is 6.03 Å². The lowest BCUT2D eigenvalue weighted by atomic mass is 9.92. The largest absolute Gasteiger partial charge is 0.443 e. The molecule has 5 aromatic rings. The number of oxazole rings is 1. The Labute approximate surface area is 223 Å². The molecule has 12 heteroatoms. The predicted molar refractivity (Wildman–Crippen MR) is 147 cm³/mol. The van der Waals surface area contributed by atoms with Gasteiger partial charge in [0.25, 0.3) is 5.56 Å². The zero-order valence-electron chi connectivity index (χ0n) is 22.3. The van der Waals surface area contributed by atoms with Gasteiger partial charge in [0.05, 0.1) is 11.4 Å². The van der Waals surface area contributed by atoms with E-state index in [2.05, 4.69) is 51.7 Å². The highest BCUT2D eigenvalue weighted by Gasteiger charge is 2.42. The molecule has 12 nitrogen and oxygen atoms in total. The molecule has 6 rings (SSSR count). The monoisotopic (exact) mass is 527 g/mol. The number of carbonyl (C=O) groups is 1. The summed E-state index contributed by atoms with van der Waals surface area (Å²) in [6, 6.07) is 8.71. The van der Waals surface area contributed by atoms with Gasteiger partial charge in [0.15, 0.2) is 12.0 Å². The predicted octanol–water partition coefficient (Wildman–Crippen LogP) is 3.67. The lowest BCUT2D eigenvalue weighted by molar-refractivity contribution is 0.251. The Bertz CT molecular complexity index is 1790. The quantitative estimate of drug-likeness (QED) is 0.314. The Morgan fingerprint density at radius 3 is 2.74 bits per heavy atom. The molecule has 1 aliphatic rings. The van der Waals surface area contributed by atoms with E-state index in [1.54, 1.807) is 25.0 Å². The summed E-state index contributed by atoms with van der Waals surface area (Å²) in [7, 11) is 3.42. The second-order valence-electron chi connectivity index (χ2n) is 10.8. The van der Waals surface area contributed by atoms with Gasteiger partial charge in [0, 0.05) is 54.7 Å². The minimum Gasteiger partial charge on any atom is -0.443 e. The topological polar surface area (TPSA) is 145 Å². The van der Waals surface area contributed by atoms with Crippen molar-refractivity contribution < 1.29 is 9.21 Å². The number of pyridine rings is 1. The van der Waals surface area contributed by atoms with Crippen molar-refractivity contribution in [2.45, 2.75) is 44.6 Å². The molecule has 1 fully saturated rings. The molecule has 1 aliphatic carbocycles. The highest BCUT2D eigenvalue weighted by molar-refractivity contribution is 5.89. The van der Waals surface area contributed by atoms with Gasteiger partial charge in [-0.05, 0) is 30.7 Å². The molecule has 4 heterocycles. The van der Waals surface area contributed by atoms with Crippen molar-refractivity contribution in [2.24, 2.45) is 7.05 Å². The zero-order valence-corrected chi connectivity index (χ0v) is 22.3. The van der Waals surface area contributed by atoms with Crippen LogP contribution in [0.1, 0.15) is 44.4 Å². The van der Waals surface area contributed by atoms with Crippen LogP contribution in [0.15, 0.2) is 52.1 Å². The van der Waals surface area contributed by atoms with E-state index in [1.165, 1.54) is 11.0 Å². The molecular weight excluding hydrogens is 498 g/mol. The fraction of sp³-hybridized carbons (Fsp3) is 0.333. The molecule has 4 aromatic heterocycles. The lowest BCUT2D eigenvalue weighted by Gasteiger charge is -2.14. The molecule has 3 N–H and O–H groups in total. The fourth-order valence-electron chi connectivity index (χ4n) is 4.69. The van der Waals surface area contributed by atoms with Crippen molar-refractivity contribution in [3.63, 3.8) is 0 Å². The molecule has 2 unspecified atom stereocenters. The van der Waals surface area contributed by atoms with Crippen LogP contribution in [-0.2, 0) is 12.5 Å². The minimum absolute atomic E-state index is 0.0903. The second-order valence-corrected chi connectivity index (χ2v) is 10.8. The molecule has 0 radical (unpaired) electrons. The van der Waals surface area contributed by atoms with Gasteiger partial charge in [0.2, 0.25) is 5.95 Å². The third-order valence-corrected chi connectivity index (χ3v) is 6.98. The molecule has 0 bridgehead atoms. The van der Waals surface area contributed by atoms with E-state index < -0.39 is 0 Å². The van der Waals surface area contributed by atoms with E-state index >= 15 is 0 Å². The Balaban J connectivity index is 1.23. The Kier molecular flexibility index (Phi) is 5.63. The van der Waals surface area contributed by atoms with Gasteiger partial charge in [-0.25, -0.2) is 19.4 Å². The van der Waals surface area contributed by atoms with Crippen LogP contribution in [-0.4, -0.2) is 48.4 Å². The first-order chi connectivity index (χ1) is 18.6. The molecular formula is C27H29N9O3. The third-order valence-electron chi connectivity index (χ3n) is 6.98. The maximum absolute atomic E-state index is 13.1. The van der Waals surface area contributed by atoms with Crippen molar-refractivity contribution in [1.82, 2.24) is 34.6 Å². The van der Waals surface area contributed by atoms with Gasteiger partial charge in [-0.3, -0.25) is 14.7 Å². The number of anilines is 2. The van der Waals surface area contributed by atoms with Crippen molar-refractivity contribution in [3.8, 4) is 5.69 Å². The first-order valence-electron chi connectivity index (χ1n) is 12.7. The Morgan fingerprint density at radius 1 is 1.15 bits per heavy atom. The lowest BCUT2D eigenvalue weighted by Crippen LogP contribution is -2.33. The highest BCUT2D eigenvalue weighted by Crippen LogP contribution is 2.40. The maximum Gasteiger partial charge on any atom is 0.320 e. The van der Waals surface area contributed by atoms with Gasteiger partial charge in [-0.1, -0.05) is 20.8 Å². The van der Waals surface area contributed by atoms with E-state index in [-0.39, 0.29) is 29.0 Å². The average Bonchev–Trinajstić information content (AvgIpc) is 3.28. The van der Waals surface area contributed by atoms with Crippen LogP contribution in [0.4, 0.5) is 16.6 Å². The number of hydrogen-bond donors (Lipinski definition) is 3. The van der Waals surface area contributed by atoms with E-state index in [4.69, 9.17) is 9.52 Å². The molecule has 2 atom stereocenters. The normalized spacial score (nSPS) is 16.9. The van der Waals surface area contributed by atoms with Crippen LogP contribution in [0.5, 0.6) is 0 Å². The number of amides is 2. The molecule has 39 heavy (non-hydrogen) atoms. The minimum atomic E-state index is -0.369. The average molecular weight is 528 g/mol. The van der Waals surface area contributed by atoms with E-state index in [9.17, 15) is 9.59 Å². The van der Waals surface area contributed by atoms with Gasteiger partial charge in [0.1, 0.15) is 17.0 Å². The number of fused-ring (bicyclic) bond motifs is 2. The van der Waals surface area contributed by atoms with Crippen molar-refractivity contribution in [2.75, 3.05) is 17.7 Å². The van der Waals surface area contributed by atoms with Gasteiger partial charge in [-0.15, -0.1) is 0 Å². The van der Waals surface area contributed by atoms with Crippen LogP contribution < -0.4 is 21.5 Å². The van der Waals surface area contributed by atoms with Crippen LogP contribution in [0, 0.1) is 0 Å². The summed E-state index contributed by atoms with van der Waals surface area (Å²) in [5.74, 6) is 0.881. The maximum atomic E-state index is 13.1. The number of aryl methyl sites for hydroxylation is 1. The summed E-state index contributed by atoms with van der Waals surface area (Å²) in [5.41, 5.74) is 3.76. The fourth-order valence-corrected chi connectivity index (χ4v) is 4.69. The summed E-state index contributed by atoms with van der Waals surface area (Å²) in [5, 5.41) is 14.4. The molecule has 1 saturated carbocycles. The van der Waals surface area contributed by atoms with Gasteiger partial charge in [-0.2, -0.15) is 10.1 Å². The summed E-state index contributed by atoms with van der Waals surface area (Å²) in [4.78, 5) is 39.1. The highest BCUT2D eigenvalue weighted by atomic mass is 16.3. The summed E-state index contributed by atoms with van der Waals surface area (Å²) in [6.07, 6.45) is 3.75. The van der Waals surface area contributed by atoms with Gasteiger partial charge < -0.3 is 15.1 Å². The Morgan fingerprint density at radius 2 is 1.97 bits per heavy atom. The third kappa shape index (κ3) is 4.47. The summed E-state index contributed by atoms with van der Waals surface area (Å²) in [6.45, 7) is 6.19. The second kappa shape index (κ2) is 8.93. The van der Waals surface area contributed by atoms with E-state index in [0.29, 0.717) is 40.5 Å². The molecule has 0 aliphatic heterocycles. The molecule has 2 amide bonds. The summed E-state index contributed by atoms with van der Waals surface area (Å²) < 4.78 is 8.58. The van der Waals surface area contributed by atoms with Crippen molar-refractivity contribution in [1.29, 1.82) is 0 Å². The first-order valence-corrected chi connectivity index (χ1v) is 12.7. The smallest absolute Gasteiger partial charge is 0.320 e. The van der Waals surface area contributed by atoms with Crippen LogP contribution >= 0.6 is 0 Å². The number of benzene rings is 1. The number of carbonyl (C=O) groups excluding carboxylic acids is 1. The number of aromatic nitrogens is 6. The number of urea groups is 1. The molecule has 1 aromatic carbocycles. The van der Waals surface area contributed by atoms with Crippen LogP contribution in [0.3, 0.4) is 0 Å². The Hall–Kier alpha value is -4.74. The van der Waals surface area contributed by atoms with E-state index in [0.717, 1.165) is 16.8 Å². The molecule has 200 valence electrons. The van der Waals surface area contributed by atoms with Crippen LogP contribution in [0.25, 0.3) is 27.8 Å². The molecule has 0 spiro atoms. The molecule has 0 saturated heterocycles. The first kappa shape index (κ1) is 24.6. The van der Waals surface area contributed by atoms with Crippen molar-refractivity contribution in [3.05, 3.63) is 64.5 Å². The van der Waals surface area contributed by atoms with E-state index in [1.807, 2.05) is 30.3 Å². The zero-order chi connectivity index (χ0) is 27.5. The number of hydrogen-bond acceptors (Lipinski definition) is 8. The number of nitrogens with one attached hydrogen (secondary N) is 3. The summed E-state index contributed by atoms with van der Waals surface area (Å²) >= 11 is 0. The van der Waals surface area contributed by atoms with Crippen molar-refractivity contribution >= 4 is 39.9 Å². The number of nitrogens with zero attached hydrogens (tertiary/aromatic N) is 6. The number of rotatable bonds is 5. The van der Waals surface area contributed by atoms with Crippen LogP contribution in [0.2, 0.25) is 0 Å². The standard InChI is InChI=1S/C27H29N9O3/c1-27(2,3)21-11-22(36(34-21)15-6-7-20-19(9-15)30-13-39-20)32-26(38)31-18-10-16(18)17-8-14-12-29-25(28-4)33-23(14)35(5)24(17)37/h6-9,11-13,16,18H,10H2,1-5H3,(H,28,29,33)(H2,31,32,38).